The molecule has 162 valence electrons. The van der Waals surface area contributed by atoms with Crippen LogP contribution in [0.3, 0.4) is 0 Å². The highest BCUT2D eigenvalue weighted by atomic mass is 32.2. The summed E-state index contributed by atoms with van der Waals surface area (Å²) < 4.78 is 18.7. The maximum absolute atomic E-state index is 12.9. The summed E-state index contributed by atoms with van der Waals surface area (Å²) in [6.45, 7) is 4.59. The molecule has 0 N–H and O–H groups in total. The third kappa shape index (κ3) is 5.64. The van der Waals surface area contributed by atoms with Crippen molar-refractivity contribution in [3.05, 3.63) is 71.8 Å². The summed E-state index contributed by atoms with van der Waals surface area (Å²) in [6.07, 6.45) is -0.811. The van der Waals surface area contributed by atoms with E-state index in [2.05, 4.69) is 11.8 Å². The van der Waals surface area contributed by atoms with Crippen LogP contribution in [0.25, 0.3) is 0 Å². The van der Waals surface area contributed by atoms with E-state index in [0.717, 1.165) is 11.3 Å². The van der Waals surface area contributed by atoms with E-state index in [1.54, 1.807) is 23.9 Å². The molecule has 0 spiro atoms. The quantitative estimate of drug-likeness (QED) is 0.586. The zero-order valence-electron chi connectivity index (χ0n) is 18.1. The Kier molecular flexibility index (Phi) is 8.33. The molecule has 2 aromatic rings. The molecular formula is C24H31NO4S. The van der Waals surface area contributed by atoms with Crippen LogP contribution in [0.2, 0.25) is 0 Å². The molecule has 0 amide bonds. The second kappa shape index (κ2) is 11.0. The number of ether oxygens (including phenoxy) is 3. The van der Waals surface area contributed by atoms with Crippen molar-refractivity contribution in [3.8, 4) is 0 Å². The minimum atomic E-state index is -0.449. The first-order chi connectivity index (χ1) is 14.5. The molecule has 5 atom stereocenters. The Morgan fingerprint density at radius 2 is 1.67 bits per heavy atom. The Bertz CT molecular complexity index is 786. The fourth-order valence-corrected chi connectivity index (χ4v) is 4.76. The Hall–Kier alpha value is -1.86. The van der Waals surface area contributed by atoms with Crippen molar-refractivity contribution >= 4 is 17.7 Å². The van der Waals surface area contributed by atoms with E-state index < -0.39 is 6.10 Å². The monoisotopic (exact) mass is 429 g/mol. The van der Waals surface area contributed by atoms with Gasteiger partial charge >= 0.3 is 5.97 Å². The molecule has 0 bridgehead atoms. The standard InChI is InChI=1S/C24H31NO4S/c1-5-30-24-22(29-23(26)19-14-10-7-11-15-19)20(25(3)4)21(17(2)28-24)27-16-18-12-8-6-9-13-18/h6-15,17,20-22,24H,5,16H2,1-4H3/t17-,20+,21-,22-,24+/m1/s1. The van der Waals surface area contributed by atoms with Gasteiger partial charge in [-0.1, -0.05) is 55.5 Å². The summed E-state index contributed by atoms with van der Waals surface area (Å²) in [5.41, 5.74) is 1.39. The highest BCUT2D eigenvalue weighted by molar-refractivity contribution is 7.99. The largest absolute Gasteiger partial charge is 0.453 e. The van der Waals surface area contributed by atoms with Gasteiger partial charge in [-0.2, -0.15) is 0 Å². The zero-order chi connectivity index (χ0) is 21.5. The molecule has 3 rings (SSSR count). The maximum Gasteiger partial charge on any atom is 0.338 e. The van der Waals surface area contributed by atoms with Gasteiger partial charge in [0.2, 0.25) is 0 Å². The summed E-state index contributed by atoms with van der Waals surface area (Å²) in [6, 6.07) is 19.0. The van der Waals surface area contributed by atoms with Crippen LogP contribution in [0.15, 0.2) is 60.7 Å². The van der Waals surface area contributed by atoms with Crippen molar-refractivity contribution in [2.45, 2.75) is 50.2 Å². The topological polar surface area (TPSA) is 48.0 Å². The fraction of sp³-hybridized carbons (Fsp3) is 0.458. The average molecular weight is 430 g/mol. The summed E-state index contributed by atoms with van der Waals surface area (Å²) in [5.74, 6) is 0.529. The molecule has 0 aliphatic carbocycles. The van der Waals surface area contributed by atoms with Crippen LogP contribution in [-0.2, 0) is 20.8 Å². The van der Waals surface area contributed by atoms with E-state index >= 15 is 0 Å². The molecule has 5 nitrogen and oxygen atoms in total. The van der Waals surface area contributed by atoms with E-state index in [0.29, 0.717) is 12.2 Å². The van der Waals surface area contributed by atoms with Crippen molar-refractivity contribution in [1.82, 2.24) is 4.90 Å². The molecule has 0 saturated carbocycles. The van der Waals surface area contributed by atoms with Crippen LogP contribution in [0, 0.1) is 0 Å². The number of hydrogen-bond acceptors (Lipinski definition) is 6. The van der Waals surface area contributed by atoms with E-state index in [-0.39, 0.29) is 29.7 Å². The van der Waals surface area contributed by atoms with Gasteiger partial charge in [-0.15, -0.1) is 11.8 Å². The van der Waals surface area contributed by atoms with Crippen LogP contribution in [0.4, 0.5) is 0 Å². The number of hydrogen-bond donors (Lipinski definition) is 0. The number of carbonyl (C=O) groups excluding carboxylic acids is 1. The van der Waals surface area contributed by atoms with Crippen molar-refractivity contribution in [1.29, 1.82) is 0 Å². The molecule has 0 unspecified atom stereocenters. The maximum atomic E-state index is 12.9. The van der Waals surface area contributed by atoms with Crippen LogP contribution in [0.5, 0.6) is 0 Å². The van der Waals surface area contributed by atoms with Gasteiger partial charge in [-0.25, -0.2) is 4.79 Å². The first-order valence-electron chi connectivity index (χ1n) is 10.4. The summed E-state index contributed by atoms with van der Waals surface area (Å²) in [4.78, 5) is 14.9. The van der Waals surface area contributed by atoms with Gasteiger partial charge in [0, 0.05) is 0 Å². The fourth-order valence-electron chi connectivity index (χ4n) is 3.77. The molecule has 1 fully saturated rings. The van der Waals surface area contributed by atoms with Gasteiger partial charge < -0.3 is 19.1 Å². The molecule has 6 heteroatoms. The highest BCUT2D eigenvalue weighted by Crippen LogP contribution is 2.34. The Morgan fingerprint density at radius 1 is 1.03 bits per heavy atom. The molecule has 0 radical (unpaired) electrons. The predicted molar refractivity (Wildman–Crippen MR) is 121 cm³/mol. The van der Waals surface area contributed by atoms with Crippen molar-refractivity contribution in [2.75, 3.05) is 19.8 Å². The number of thioether (sulfide) groups is 1. The second-order valence-electron chi connectivity index (χ2n) is 7.62. The predicted octanol–water partition coefficient (Wildman–Crippen LogP) is 4.23. The molecule has 1 saturated heterocycles. The number of nitrogens with zero attached hydrogens (tertiary/aromatic N) is 1. The molecule has 1 aliphatic heterocycles. The van der Waals surface area contributed by atoms with E-state index in [1.807, 2.05) is 69.6 Å². The molecular weight excluding hydrogens is 398 g/mol. The third-order valence-electron chi connectivity index (χ3n) is 5.22. The summed E-state index contributed by atoms with van der Waals surface area (Å²) in [7, 11) is 4.00. The minimum absolute atomic E-state index is 0.128. The number of esters is 1. The zero-order valence-corrected chi connectivity index (χ0v) is 18.9. The Morgan fingerprint density at radius 3 is 2.27 bits per heavy atom. The van der Waals surface area contributed by atoms with Crippen molar-refractivity contribution in [2.24, 2.45) is 0 Å². The lowest BCUT2D eigenvalue weighted by molar-refractivity contribution is -0.190. The van der Waals surface area contributed by atoms with Crippen LogP contribution < -0.4 is 0 Å². The summed E-state index contributed by atoms with van der Waals surface area (Å²) in [5, 5.41) is 0. The number of carbonyl (C=O) groups is 1. The second-order valence-corrected chi connectivity index (χ2v) is 8.99. The average Bonchev–Trinajstić information content (AvgIpc) is 2.75. The SMILES string of the molecule is CCS[C@@H]1O[C@H](C)[C@@H](OCc2ccccc2)[C@H](N(C)C)[C@H]1OC(=O)c1ccccc1. The van der Waals surface area contributed by atoms with Crippen molar-refractivity contribution in [3.63, 3.8) is 0 Å². The molecule has 1 aliphatic rings. The van der Waals surface area contributed by atoms with E-state index in [1.165, 1.54) is 0 Å². The Balaban J connectivity index is 1.82. The Labute approximate surface area is 183 Å². The van der Waals surface area contributed by atoms with Crippen LogP contribution in [0.1, 0.15) is 29.8 Å². The number of benzene rings is 2. The molecule has 2 aromatic carbocycles. The number of likely N-dealkylation sites (N-methyl/N-ethyl adjacent to an activating group) is 1. The van der Waals surface area contributed by atoms with Crippen LogP contribution >= 0.6 is 11.8 Å². The number of rotatable bonds is 8. The van der Waals surface area contributed by atoms with Gasteiger partial charge in [0.25, 0.3) is 0 Å². The smallest absolute Gasteiger partial charge is 0.338 e. The minimum Gasteiger partial charge on any atom is -0.453 e. The van der Waals surface area contributed by atoms with Gasteiger partial charge in [-0.05, 0) is 44.5 Å². The summed E-state index contributed by atoms with van der Waals surface area (Å²) >= 11 is 1.66. The molecule has 1 heterocycles. The van der Waals surface area contributed by atoms with Gasteiger partial charge in [0.1, 0.15) is 11.5 Å². The lowest BCUT2D eigenvalue weighted by atomic mass is 9.96. The van der Waals surface area contributed by atoms with Gasteiger partial charge in [0.05, 0.1) is 24.3 Å². The van der Waals surface area contributed by atoms with E-state index in [9.17, 15) is 4.79 Å². The van der Waals surface area contributed by atoms with Gasteiger partial charge in [0.15, 0.2) is 6.10 Å². The van der Waals surface area contributed by atoms with Crippen LogP contribution in [-0.4, -0.2) is 60.5 Å². The lowest BCUT2D eigenvalue weighted by Crippen LogP contribution is -2.62. The normalized spacial score (nSPS) is 26.5. The first kappa shape index (κ1) is 22.8. The lowest BCUT2D eigenvalue weighted by Gasteiger charge is -2.47. The van der Waals surface area contributed by atoms with Crippen molar-refractivity contribution < 1.29 is 19.0 Å². The third-order valence-corrected chi connectivity index (χ3v) is 6.26. The first-order valence-corrected chi connectivity index (χ1v) is 11.4. The molecule has 0 aromatic heterocycles. The highest BCUT2D eigenvalue weighted by Gasteiger charge is 2.48. The molecule has 30 heavy (non-hydrogen) atoms. The van der Waals surface area contributed by atoms with E-state index in [4.69, 9.17) is 14.2 Å². The van der Waals surface area contributed by atoms with Gasteiger partial charge in [-0.3, -0.25) is 0 Å².